The number of nitrogens with zero attached hydrogens (tertiary/aromatic N) is 2. The molecule has 0 aliphatic rings. The summed E-state index contributed by atoms with van der Waals surface area (Å²) in [5.74, 6) is 0. The van der Waals surface area contributed by atoms with Gasteiger partial charge in [0.1, 0.15) is 0 Å². The molecule has 0 radical (unpaired) electrons. The van der Waals surface area contributed by atoms with Crippen molar-refractivity contribution in [2.45, 2.75) is 79.2 Å². The van der Waals surface area contributed by atoms with Gasteiger partial charge in [-0.2, -0.15) is 5.26 Å². The lowest BCUT2D eigenvalue weighted by Crippen LogP contribution is -2.32. The Morgan fingerprint density at radius 1 is 1.06 bits per heavy atom. The molecule has 0 aromatic carbocycles. The fraction of sp³-hybridized carbons (Fsp3) is 0.938. The first kappa shape index (κ1) is 17.4. The third kappa shape index (κ3) is 8.53. The van der Waals surface area contributed by atoms with Gasteiger partial charge in [0.2, 0.25) is 0 Å². The SMILES string of the molecule is CCCCCN(CCCCC(C)(C)C#N)C(C)C. The highest BCUT2D eigenvalue weighted by Crippen LogP contribution is 2.21. The van der Waals surface area contributed by atoms with Crippen molar-refractivity contribution in [1.82, 2.24) is 4.90 Å². The highest BCUT2D eigenvalue weighted by Gasteiger charge is 2.16. The van der Waals surface area contributed by atoms with Crippen LogP contribution in [-0.2, 0) is 0 Å². The van der Waals surface area contributed by atoms with Gasteiger partial charge in [-0.3, -0.25) is 0 Å². The van der Waals surface area contributed by atoms with E-state index in [1.54, 1.807) is 0 Å². The van der Waals surface area contributed by atoms with Crippen LogP contribution >= 0.6 is 0 Å². The van der Waals surface area contributed by atoms with Crippen LogP contribution in [0.1, 0.15) is 73.1 Å². The van der Waals surface area contributed by atoms with Gasteiger partial charge in [0, 0.05) is 6.04 Å². The first-order chi connectivity index (χ1) is 8.43. The Bertz CT molecular complexity index is 238. The van der Waals surface area contributed by atoms with Crippen molar-refractivity contribution in [1.29, 1.82) is 5.26 Å². The minimum Gasteiger partial charge on any atom is -0.301 e. The van der Waals surface area contributed by atoms with Gasteiger partial charge in [-0.15, -0.1) is 0 Å². The fourth-order valence-electron chi connectivity index (χ4n) is 2.13. The van der Waals surface area contributed by atoms with E-state index < -0.39 is 0 Å². The molecule has 0 unspecified atom stereocenters. The first-order valence-corrected chi connectivity index (χ1v) is 7.58. The Hall–Kier alpha value is -0.550. The lowest BCUT2D eigenvalue weighted by Gasteiger charge is -2.26. The molecule has 0 rings (SSSR count). The number of nitriles is 1. The quantitative estimate of drug-likeness (QED) is 0.531. The summed E-state index contributed by atoms with van der Waals surface area (Å²) in [6, 6.07) is 3.02. The van der Waals surface area contributed by atoms with Gasteiger partial charge < -0.3 is 4.90 Å². The van der Waals surface area contributed by atoms with Crippen molar-refractivity contribution < 1.29 is 0 Å². The second-order valence-electron chi connectivity index (χ2n) is 6.29. The van der Waals surface area contributed by atoms with Gasteiger partial charge in [0.15, 0.2) is 0 Å². The van der Waals surface area contributed by atoms with Crippen molar-refractivity contribution in [3.63, 3.8) is 0 Å². The van der Waals surface area contributed by atoms with Crippen molar-refractivity contribution in [3.8, 4) is 6.07 Å². The number of hydrogen-bond acceptors (Lipinski definition) is 2. The summed E-state index contributed by atoms with van der Waals surface area (Å²) >= 11 is 0. The summed E-state index contributed by atoms with van der Waals surface area (Å²) in [6.07, 6.45) is 7.35. The predicted octanol–water partition coefficient (Wildman–Crippen LogP) is 4.61. The molecular weight excluding hydrogens is 220 g/mol. The normalized spacial score (nSPS) is 12.1. The maximum atomic E-state index is 8.97. The van der Waals surface area contributed by atoms with E-state index in [0.29, 0.717) is 6.04 Å². The molecule has 0 N–H and O–H groups in total. The van der Waals surface area contributed by atoms with E-state index in [2.05, 4.69) is 31.7 Å². The maximum absolute atomic E-state index is 8.97. The minimum atomic E-state index is -0.148. The van der Waals surface area contributed by atoms with Gasteiger partial charge in [0.25, 0.3) is 0 Å². The Morgan fingerprint density at radius 3 is 2.06 bits per heavy atom. The van der Waals surface area contributed by atoms with E-state index in [1.807, 2.05) is 13.8 Å². The molecule has 0 saturated heterocycles. The molecule has 0 fully saturated rings. The van der Waals surface area contributed by atoms with Gasteiger partial charge in [-0.25, -0.2) is 0 Å². The largest absolute Gasteiger partial charge is 0.301 e. The predicted molar refractivity (Wildman–Crippen MR) is 79.5 cm³/mol. The van der Waals surface area contributed by atoms with Gasteiger partial charge in [-0.1, -0.05) is 26.2 Å². The van der Waals surface area contributed by atoms with E-state index in [9.17, 15) is 0 Å². The van der Waals surface area contributed by atoms with Crippen LogP contribution in [0.2, 0.25) is 0 Å². The standard InChI is InChI=1S/C16H32N2/c1-6-7-9-12-18(15(2)3)13-10-8-11-16(4,5)14-17/h15H,6-13H2,1-5H3. The number of hydrogen-bond donors (Lipinski definition) is 0. The third-order valence-corrected chi connectivity index (χ3v) is 3.58. The fourth-order valence-corrected chi connectivity index (χ4v) is 2.13. The molecule has 2 nitrogen and oxygen atoms in total. The first-order valence-electron chi connectivity index (χ1n) is 7.58. The Balaban J connectivity index is 3.81. The van der Waals surface area contributed by atoms with Crippen molar-refractivity contribution >= 4 is 0 Å². The van der Waals surface area contributed by atoms with Crippen LogP contribution in [0.25, 0.3) is 0 Å². The van der Waals surface area contributed by atoms with Crippen LogP contribution < -0.4 is 0 Å². The lowest BCUT2D eigenvalue weighted by atomic mass is 9.89. The maximum Gasteiger partial charge on any atom is 0.0683 e. The molecule has 0 saturated carbocycles. The topological polar surface area (TPSA) is 27.0 Å². The summed E-state index contributed by atoms with van der Waals surface area (Å²) in [4.78, 5) is 2.58. The van der Waals surface area contributed by atoms with Gasteiger partial charge in [-0.05, 0) is 60.0 Å². The zero-order chi connectivity index (χ0) is 14.0. The van der Waals surface area contributed by atoms with Crippen LogP contribution in [0.3, 0.4) is 0 Å². The molecule has 0 amide bonds. The van der Waals surface area contributed by atoms with E-state index in [1.165, 1.54) is 38.8 Å². The van der Waals surface area contributed by atoms with Crippen LogP contribution in [0.4, 0.5) is 0 Å². The Labute approximate surface area is 114 Å². The van der Waals surface area contributed by atoms with Gasteiger partial charge >= 0.3 is 0 Å². The summed E-state index contributed by atoms with van der Waals surface area (Å²) < 4.78 is 0. The highest BCUT2D eigenvalue weighted by atomic mass is 15.1. The van der Waals surface area contributed by atoms with Crippen LogP contribution in [0, 0.1) is 16.7 Å². The molecule has 0 aliphatic carbocycles. The second kappa shape index (κ2) is 9.39. The van der Waals surface area contributed by atoms with E-state index in [4.69, 9.17) is 5.26 Å². The van der Waals surface area contributed by atoms with E-state index >= 15 is 0 Å². The van der Waals surface area contributed by atoms with Crippen LogP contribution in [-0.4, -0.2) is 24.0 Å². The molecule has 0 aromatic rings. The van der Waals surface area contributed by atoms with Crippen molar-refractivity contribution in [2.75, 3.05) is 13.1 Å². The van der Waals surface area contributed by atoms with Crippen LogP contribution in [0.5, 0.6) is 0 Å². The molecule has 2 heteroatoms. The smallest absolute Gasteiger partial charge is 0.0683 e. The third-order valence-electron chi connectivity index (χ3n) is 3.58. The summed E-state index contributed by atoms with van der Waals surface area (Å²) in [5.41, 5.74) is -0.148. The summed E-state index contributed by atoms with van der Waals surface area (Å²) in [7, 11) is 0. The molecule has 18 heavy (non-hydrogen) atoms. The molecule has 0 aromatic heterocycles. The Morgan fingerprint density at radius 2 is 1.61 bits per heavy atom. The zero-order valence-corrected chi connectivity index (χ0v) is 13.1. The summed E-state index contributed by atoms with van der Waals surface area (Å²) in [6.45, 7) is 13.3. The van der Waals surface area contributed by atoms with E-state index in [-0.39, 0.29) is 5.41 Å². The molecule has 0 heterocycles. The second-order valence-corrected chi connectivity index (χ2v) is 6.29. The molecule has 0 aliphatic heterocycles. The van der Waals surface area contributed by atoms with Crippen molar-refractivity contribution in [2.24, 2.45) is 5.41 Å². The molecular formula is C16H32N2. The molecule has 0 atom stereocenters. The van der Waals surface area contributed by atoms with Crippen molar-refractivity contribution in [3.05, 3.63) is 0 Å². The average molecular weight is 252 g/mol. The number of rotatable bonds is 10. The van der Waals surface area contributed by atoms with Crippen LogP contribution in [0.15, 0.2) is 0 Å². The lowest BCUT2D eigenvalue weighted by molar-refractivity contribution is 0.210. The zero-order valence-electron chi connectivity index (χ0n) is 13.1. The molecule has 0 spiro atoms. The highest BCUT2D eigenvalue weighted by molar-refractivity contribution is 4.91. The van der Waals surface area contributed by atoms with Gasteiger partial charge in [0.05, 0.1) is 11.5 Å². The monoisotopic (exact) mass is 252 g/mol. The van der Waals surface area contributed by atoms with E-state index in [0.717, 1.165) is 12.8 Å². The molecule has 0 bridgehead atoms. The minimum absolute atomic E-state index is 0.148. The molecule has 106 valence electrons. The summed E-state index contributed by atoms with van der Waals surface area (Å²) in [5, 5.41) is 8.97. The Kier molecular flexibility index (Phi) is 9.10. The number of unbranched alkanes of at least 4 members (excludes halogenated alkanes) is 3. The average Bonchev–Trinajstić information content (AvgIpc) is 2.32.